The van der Waals surface area contributed by atoms with E-state index in [-0.39, 0.29) is 12.3 Å². The van der Waals surface area contributed by atoms with Crippen LogP contribution in [-0.4, -0.2) is 31.3 Å². The number of thioether (sulfide) groups is 1. The second-order valence-electron chi connectivity index (χ2n) is 6.14. The molecule has 0 unspecified atom stereocenters. The molecule has 0 aliphatic carbocycles. The van der Waals surface area contributed by atoms with Crippen molar-refractivity contribution in [1.82, 2.24) is 14.9 Å². The van der Waals surface area contributed by atoms with Crippen molar-refractivity contribution in [1.29, 1.82) is 0 Å². The number of rotatable bonds is 6. The number of nitro benzene ring substituents is 1. The average Bonchev–Trinajstić information content (AvgIpc) is 3.15. The number of aromatic nitrogens is 3. The molecular formula is C19H17N5O3S. The molecule has 0 spiro atoms. The highest BCUT2D eigenvalue weighted by molar-refractivity contribution is 7.99. The molecule has 0 amide bonds. The third kappa shape index (κ3) is 3.74. The van der Waals surface area contributed by atoms with Crippen molar-refractivity contribution in [3.63, 3.8) is 0 Å². The Bertz CT molecular complexity index is 1030. The van der Waals surface area contributed by atoms with Gasteiger partial charge in [0.15, 0.2) is 5.82 Å². The highest BCUT2D eigenvalue weighted by atomic mass is 32.2. The minimum absolute atomic E-state index is 0.0203. The van der Waals surface area contributed by atoms with Crippen LogP contribution in [0, 0.1) is 10.1 Å². The van der Waals surface area contributed by atoms with Gasteiger partial charge in [-0.25, -0.2) is 0 Å². The topological polar surface area (TPSA) is 95.4 Å². The molecule has 0 fully saturated rings. The largest absolute Gasteiger partial charge is 0.486 e. The SMILES string of the molecule is CCc1ccc(C2=Nn3c(COc4ccc([N+](=O)[O-])cc4)nnc3SC2)cc1. The number of fused-ring (bicyclic) bond motifs is 1. The highest BCUT2D eigenvalue weighted by Crippen LogP contribution is 2.25. The summed E-state index contributed by atoms with van der Waals surface area (Å²) in [5.74, 6) is 1.82. The normalized spacial score (nSPS) is 13.0. The molecule has 9 heteroatoms. The first-order chi connectivity index (χ1) is 13.6. The molecule has 0 N–H and O–H groups in total. The van der Waals surface area contributed by atoms with Gasteiger partial charge < -0.3 is 4.74 Å². The van der Waals surface area contributed by atoms with Crippen molar-refractivity contribution in [3.8, 4) is 5.75 Å². The Morgan fingerprint density at radius 1 is 1.14 bits per heavy atom. The maximum atomic E-state index is 10.7. The van der Waals surface area contributed by atoms with Gasteiger partial charge in [-0.15, -0.1) is 10.2 Å². The lowest BCUT2D eigenvalue weighted by Crippen LogP contribution is -2.15. The van der Waals surface area contributed by atoms with E-state index >= 15 is 0 Å². The second kappa shape index (κ2) is 7.81. The first-order valence-electron chi connectivity index (χ1n) is 8.75. The van der Waals surface area contributed by atoms with Crippen LogP contribution in [0.1, 0.15) is 23.9 Å². The summed E-state index contributed by atoms with van der Waals surface area (Å²) in [4.78, 5) is 10.3. The summed E-state index contributed by atoms with van der Waals surface area (Å²) in [6.07, 6.45) is 1.00. The smallest absolute Gasteiger partial charge is 0.269 e. The lowest BCUT2D eigenvalue weighted by atomic mass is 10.1. The van der Waals surface area contributed by atoms with Gasteiger partial charge >= 0.3 is 0 Å². The Labute approximate surface area is 165 Å². The van der Waals surface area contributed by atoms with E-state index in [2.05, 4.69) is 41.4 Å². The fourth-order valence-corrected chi connectivity index (χ4v) is 3.60. The quantitative estimate of drug-likeness (QED) is 0.467. The lowest BCUT2D eigenvalue weighted by molar-refractivity contribution is -0.384. The number of hydrogen-bond donors (Lipinski definition) is 0. The third-order valence-corrected chi connectivity index (χ3v) is 5.28. The molecule has 28 heavy (non-hydrogen) atoms. The summed E-state index contributed by atoms with van der Waals surface area (Å²) in [5.41, 5.74) is 3.34. The Morgan fingerprint density at radius 3 is 2.57 bits per heavy atom. The molecular weight excluding hydrogens is 378 g/mol. The molecule has 1 aliphatic rings. The monoisotopic (exact) mass is 395 g/mol. The van der Waals surface area contributed by atoms with Crippen LogP contribution in [-0.2, 0) is 13.0 Å². The second-order valence-corrected chi connectivity index (χ2v) is 7.08. The average molecular weight is 395 g/mol. The molecule has 1 aliphatic heterocycles. The maximum absolute atomic E-state index is 10.7. The number of nitro groups is 1. The van der Waals surface area contributed by atoms with E-state index in [1.54, 1.807) is 28.6 Å². The van der Waals surface area contributed by atoms with E-state index in [4.69, 9.17) is 9.84 Å². The van der Waals surface area contributed by atoms with Gasteiger partial charge in [0.05, 0.1) is 10.6 Å². The Kier molecular flexibility index (Phi) is 5.07. The summed E-state index contributed by atoms with van der Waals surface area (Å²) in [6.45, 7) is 2.29. The van der Waals surface area contributed by atoms with Gasteiger partial charge in [0, 0.05) is 17.9 Å². The van der Waals surface area contributed by atoms with E-state index in [0.717, 1.165) is 28.6 Å². The summed E-state index contributed by atoms with van der Waals surface area (Å²) >= 11 is 1.58. The van der Waals surface area contributed by atoms with Crippen molar-refractivity contribution < 1.29 is 9.66 Å². The van der Waals surface area contributed by atoms with E-state index in [9.17, 15) is 10.1 Å². The molecule has 3 aromatic rings. The molecule has 1 aromatic heterocycles. The predicted molar refractivity (Wildman–Crippen MR) is 106 cm³/mol. The molecule has 8 nitrogen and oxygen atoms in total. The number of hydrogen-bond acceptors (Lipinski definition) is 7. The summed E-state index contributed by atoms with van der Waals surface area (Å²) in [6, 6.07) is 14.3. The number of ether oxygens (including phenoxy) is 1. The van der Waals surface area contributed by atoms with Crippen molar-refractivity contribution in [2.45, 2.75) is 25.1 Å². The van der Waals surface area contributed by atoms with E-state index < -0.39 is 4.92 Å². The van der Waals surface area contributed by atoms with Crippen LogP contribution in [0.3, 0.4) is 0 Å². The van der Waals surface area contributed by atoms with Crippen LogP contribution in [0.25, 0.3) is 0 Å². The molecule has 142 valence electrons. The van der Waals surface area contributed by atoms with Crippen molar-refractivity contribution in [2.24, 2.45) is 5.10 Å². The molecule has 4 rings (SSSR count). The molecule has 0 bridgehead atoms. The lowest BCUT2D eigenvalue weighted by Gasteiger charge is -2.14. The zero-order valence-electron chi connectivity index (χ0n) is 15.1. The minimum atomic E-state index is -0.445. The minimum Gasteiger partial charge on any atom is -0.486 e. The van der Waals surface area contributed by atoms with Gasteiger partial charge in [-0.2, -0.15) is 9.78 Å². The summed E-state index contributed by atoms with van der Waals surface area (Å²) in [7, 11) is 0. The van der Waals surface area contributed by atoms with E-state index in [1.807, 2.05) is 0 Å². The van der Waals surface area contributed by atoms with Crippen molar-refractivity contribution in [2.75, 3.05) is 5.75 Å². The zero-order chi connectivity index (χ0) is 19.5. The van der Waals surface area contributed by atoms with Gasteiger partial charge in [0.25, 0.3) is 5.69 Å². The Morgan fingerprint density at radius 2 is 1.89 bits per heavy atom. The number of non-ortho nitro benzene ring substituents is 1. The first-order valence-corrected chi connectivity index (χ1v) is 9.74. The van der Waals surface area contributed by atoms with Crippen LogP contribution in [0.4, 0.5) is 5.69 Å². The zero-order valence-corrected chi connectivity index (χ0v) is 15.9. The Hall–Kier alpha value is -3.20. The number of aryl methyl sites for hydroxylation is 1. The van der Waals surface area contributed by atoms with Gasteiger partial charge in [0.1, 0.15) is 12.4 Å². The highest BCUT2D eigenvalue weighted by Gasteiger charge is 2.20. The van der Waals surface area contributed by atoms with E-state index in [0.29, 0.717) is 11.6 Å². The number of nitrogens with zero attached hydrogens (tertiary/aromatic N) is 5. The van der Waals surface area contributed by atoms with Crippen LogP contribution in [0.5, 0.6) is 5.75 Å². The summed E-state index contributed by atoms with van der Waals surface area (Å²) < 4.78 is 7.40. The molecule has 2 heterocycles. The van der Waals surface area contributed by atoms with Crippen molar-refractivity contribution >= 4 is 23.2 Å². The first kappa shape index (κ1) is 18.2. The van der Waals surface area contributed by atoms with Gasteiger partial charge in [-0.1, -0.05) is 43.0 Å². The maximum Gasteiger partial charge on any atom is 0.269 e. The van der Waals surface area contributed by atoms with Crippen LogP contribution < -0.4 is 4.74 Å². The fraction of sp³-hybridized carbons (Fsp3) is 0.211. The standard InChI is InChI=1S/C19H17N5O3S/c1-2-13-3-5-14(6-4-13)17-12-28-19-21-20-18(23(19)22-17)11-27-16-9-7-15(8-10-16)24(25)26/h3-10H,2,11-12H2,1H3. The van der Waals surface area contributed by atoms with Gasteiger partial charge in [-0.05, 0) is 29.7 Å². The van der Waals surface area contributed by atoms with Crippen molar-refractivity contribution in [3.05, 3.63) is 75.6 Å². The molecule has 0 radical (unpaired) electrons. The predicted octanol–water partition coefficient (Wildman–Crippen LogP) is 3.69. The summed E-state index contributed by atoms with van der Waals surface area (Å²) in [5, 5.41) is 24.5. The van der Waals surface area contributed by atoms with Crippen LogP contribution in [0.2, 0.25) is 0 Å². The van der Waals surface area contributed by atoms with Crippen LogP contribution >= 0.6 is 11.8 Å². The van der Waals surface area contributed by atoms with Gasteiger partial charge in [0.2, 0.25) is 5.16 Å². The van der Waals surface area contributed by atoms with Gasteiger partial charge in [-0.3, -0.25) is 10.1 Å². The molecule has 2 aromatic carbocycles. The fourth-order valence-electron chi connectivity index (χ4n) is 2.74. The van der Waals surface area contributed by atoms with Crippen LogP contribution in [0.15, 0.2) is 58.8 Å². The third-order valence-electron chi connectivity index (χ3n) is 4.35. The molecule has 0 saturated heterocycles. The molecule has 0 atom stereocenters. The number of benzene rings is 2. The Balaban J connectivity index is 1.51. The van der Waals surface area contributed by atoms with E-state index in [1.165, 1.54) is 17.7 Å². The molecule has 0 saturated carbocycles.